The van der Waals surface area contributed by atoms with Crippen molar-refractivity contribution in [1.29, 1.82) is 0 Å². The number of thioether (sulfide) groups is 1. The van der Waals surface area contributed by atoms with Crippen molar-refractivity contribution in [2.45, 2.75) is 17.9 Å². The number of non-ortho nitro benzene ring substituents is 1. The lowest BCUT2D eigenvalue weighted by Crippen LogP contribution is -2.32. The third-order valence-corrected chi connectivity index (χ3v) is 4.77. The molecule has 0 saturated heterocycles. The highest BCUT2D eigenvalue weighted by molar-refractivity contribution is 8.00. The van der Waals surface area contributed by atoms with Crippen molar-refractivity contribution in [1.82, 2.24) is 0 Å². The van der Waals surface area contributed by atoms with Gasteiger partial charge in [-0.3, -0.25) is 19.7 Å². The van der Waals surface area contributed by atoms with Gasteiger partial charge in [0.1, 0.15) is 11.8 Å². The Labute approximate surface area is 165 Å². The SMILES string of the molecule is COc1cc([N+](=O)[O-])ccc1NC(=O)[C@H](C)Nc1ccccc1SCC(N)=O. The summed E-state index contributed by atoms with van der Waals surface area (Å²) in [5.74, 6) is -0.482. The number of ether oxygens (including phenoxy) is 1. The molecule has 4 N–H and O–H groups in total. The molecule has 1 atom stereocenters. The van der Waals surface area contributed by atoms with Gasteiger partial charge in [-0.05, 0) is 25.1 Å². The number of nitrogens with two attached hydrogens (primary N) is 1. The first-order valence-corrected chi connectivity index (χ1v) is 9.20. The summed E-state index contributed by atoms with van der Waals surface area (Å²) < 4.78 is 5.12. The molecule has 0 saturated carbocycles. The van der Waals surface area contributed by atoms with Crippen LogP contribution in [-0.2, 0) is 9.59 Å². The van der Waals surface area contributed by atoms with Crippen LogP contribution in [-0.4, -0.2) is 35.6 Å². The van der Waals surface area contributed by atoms with Gasteiger partial charge in [0, 0.05) is 16.6 Å². The molecule has 9 nitrogen and oxygen atoms in total. The third-order valence-electron chi connectivity index (χ3n) is 3.68. The Kier molecular flexibility index (Phi) is 7.21. The Bertz CT molecular complexity index is 890. The van der Waals surface area contributed by atoms with E-state index in [0.717, 1.165) is 4.90 Å². The number of benzene rings is 2. The maximum atomic E-state index is 12.5. The number of para-hydroxylation sites is 1. The molecule has 148 valence electrons. The Hall–Kier alpha value is -3.27. The zero-order valence-electron chi connectivity index (χ0n) is 15.3. The number of hydrogen-bond acceptors (Lipinski definition) is 7. The fraction of sp³-hybridized carbons (Fsp3) is 0.222. The van der Waals surface area contributed by atoms with E-state index in [-0.39, 0.29) is 23.1 Å². The maximum absolute atomic E-state index is 12.5. The summed E-state index contributed by atoms with van der Waals surface area (Å²) in [5, 5.41) is 16.6. The summed E-state index contributed by atoms with van der Waals surface area (Å²) >= 11 is 1.27. The molecule has 2 aromatic carbocycles. The number of carbonyl (C=O) groups is 2. The highest BCUT2D eigenvalue weighted by Gasteiger charge is 2.18. The fourth-order valence-corrected chi connectivity index (χ4v) is 3.05. The van der Waals surface area contributed by atoms with Crippen molar-refractivity contribution >= 4 is 40.6 Å². The minimum absolute atomic E-state index is 0.124. The number of methoxy groups -OCH3 is 1. The molecule has 0 heterocycles. The predicted octanol–water partition coefficient (Wildman–Crippen LogP) is 2.62. The summed E-state index contributed by atoms with van der Waals surface area (Å²) in [6.07, 6.45) is 0. The molecule has 0 aromatic heterocycles. The molecule has 0 fully saturated rings. The Morgan fingerprint density at radius 2 is 1.96 bits per heavy atom. The van der Waals surface area contributed by atoms with Crippen LogP contribution in [0.2, 0.25) is 0 Å². The van der Waals surface area contributed by atoms with Gasteiger partial charge in [0.2, 0.25) is 11.8 Å². The highest BCUT2D eigenvalue weighted by Crippen LogP contribution is 2.30. The Balaban J connectivity index is 2.10. The van der Waals surface area contributed by atoms with Crippen LogP contribution in [0.3, 0.4) is 0 Å². The number of nitro benzene ring substituents is 1. The molecule has 28 heavy (non-hydrogen) atoms. The van der Waals surface area contributed by atoms with E-state index in [4.69, 9.17) is 10.5 Å². The van der Waals surface area contributed by atoms with Gasteiger partial charge in [-0.1, -0.05) is 12.1 Å². The number of rotatable bonds is 9. The molecular formula is C18H20N4O5S. The van der Waals surface area contributed by atoms with E-state index in [2.05, 4.69) is 10.6 Å². The first kappa shape index (κ1) is 21.0. The van der Waals surface area contributed by atoms with E-state index >= 15 is 0 Å². The molecule has 0 spiro atoms. The monoisotopic (exact) mass is 404 g/mol. The number of hydrogen-bond donors (Lipinski definition) is 3. The smallest absolute Gasteiger partial charge is 0.273 e. The van der Waals surface area contributed by atoms with Crippen molar-refractivity contribution in [3.8, 4) is 5.75 Å². The number of primary amides is 1. The van der Waals surface area contributed by atoms with Crippen LogP contribution in [0.4, 0.5) is 17.1 Å². The molecule has 0 radical (unpaired) electrons. The molecule has 0 unspecified atom stereocenters. The second-order valence-electron chi connectivity index (χ2n) is 5.75. The average Bonchev–Trinajstić information content (AvgIpc) is 2.67. The van der Waals surface area contributed by atoms with Gasteiger partial charge in [0.25, 0.3) is 5.69 Å². The summed E-state index contributed by atoms with van der Waals surface area (Å²) in [6.45, 7) is 1.67. The van der Waals surface area contributed by atoms with Gasteiger partial charge < -0.3 is 21.1 Å². The molecule has 0 aliphatic carbocycles. The van der Waals surface area contributed by atoms with E-state index in [1.165, 1.54) is 37.1 Å². The minimum Gasteiger partial charge on any atom is -0.494 e. The average molecular weight is 404 g/mol. The van der Waals surface area contributed by atoms with Gasteiger partial charge in [0.15, 0.2) is 0 Å². The van der Waals surface area contributed by atoms with Crippen molar-refractivity contribution in [3.63, 3.8) is 0 Å². The lowest BCUT2D eigenvalue weighted by molar-refractivity contribution is -0.384. The van der Waals surface area contributed by atoms with Crippen molar-refractivity contribution < 1.29 is 19.2 Å². The van der Waals surface area contributed by atoms with Crippen LogP contribution in [0.25, 0.3) is 0 Å². The van der Waals surface area contributed by atoms with Crippen molar-refractivity contribution in [3.05, 3.63) is 52.6 Å². The number of amides is 2. The van der Waals surface area contributed by atoms with Crippen molar-refractivity contribution in [2.75, 3.05) is 23.5 Å². The predicted molar refractivity (Wildman–Crippen MR) is 108 cm³/mol. The third kappa shape index (κ3) is 5.61. The van der Waals surface area contributed by atoms with E-state index in [1.54, 1.807) is 19.1 Å². The summed E-state index contributed by atoms with van der Waals surface area (Å²) in [6, 6.07) is 10.5. The number of nitro groups is 1. The largest absolute Gasteiger partial charge is 0.494 e. The molecule has 10 heteroatoms. The van der Waals surface area contributed by atoms with Gasteiger partial charge in [-0.25, -0.2) is 0 Å². The molecule has 0 bridgehead atoms. The zero-order chi connectivity index (χ0) is 20.7. The lowest BCUT2D eigenvalue weighted by atomic mass is 10.2. The Morgan fingerprint density at radius 1 is 1.25 bits per heavy atom. The van der Waals surface area contributed by atoms with Gasteiger partial charge >= 0.3 is 0 Å². The van der Waals surface area contributed by atoms with Gasteiger partial charge in [0.05, 0.1) is 29.5 Å². The van der Waals surface area contributed by atoms with Gasteiger partial charge in [-0.2, -0.15) is 0 Å². The molecule has 2 rings (SSSR count). The van der Waals surface area contributed by atoms with E-state index < -0.39 is 16.9 Å². The summed E-state index contributed by atoms with van der Waals surface area (Å²) in [4.78, 5) is 34.7. The highest BCUT2D eigenvalue weighted by atomic mass is 32.2. The molecule has 0 aliphatic rings. The number of nitrogens with one attached hydrogen (secondary N) is 2. The molecule has 0 aliphatic heterocycles. The molecular weight excluding hydrogens is 384 g/mol. The minimum atomic E-state index is -0.629. The first-order valence-electron chi connectivity index (χ1n) is 8.21. The maximum Gasteiger partial charge on any atom is 0.273 e. The fourth-order valence-electron chi connectivity index (χ4n) is 2.30. The van der Waals surface area contributed by atoms with Gasteiger partial charge in [-0.15, -0.1) is 11.8 Å². The number of carbonyl (C=O) groups excluding carboxylic acids is 2. The first-order chi connectivity index (χ1) is 13.3. The quantitative estimate of drug-likeness (QED) is 0.332. The second kappa shape index (κ2) is 9.60. The van der Waals surface area contributed by atoms with Crippen LogP contribution in [0.15, 0.2) is 47.4 Å². The van der Waals surface area contributed by atoms with Crippen LogP contribution < -0.4 is 21.1 Å². The van der Waals surface area contributed by atoms with Crippen LogP contribution in [0.1, 0.15) is 6.92 Å². The molecule has 2 amide bonds. The standard InChI is InChI=1S/C18H20N4O5S/c1-11(20-14-5-3-4-6-16(14)28-10-17(19)23)18(24)21-13-8-7-12(22(25)26)9-15(13)27-2/h3-9,11,20H,10H2,1-2H3,(H2,19,23)(H,21,24)/t11-/m0/s1. The van der Waals surface area contributed by atoms with E-state index in [9.17, 15) is 19.7 Å². The topological polar surface area (TPSA) is 137 Å². The van der Waals surface area contributed by atoms with E-state index in [0.29, 0.717) is 11.4 Å². The lowest BCUT2D eigenvalue weighted by Gasteiger charge is -2.18. The molecule has 2 aromatic rings. The summed E-state index contributed by atoms with van der Waals surface area (Å²) in [5.41, 5.74) is 6.06. The zero-order valence-corrected chi connectivity index (χ0v) is 16.1. The van der Waals surface area contributed by atoms with Crippen LogP contribution >= 0.6 is 11.8 Å². The normalized spacial score (nSPS) is 11.4. The second-order valence-corrected chi connectivity index (χ2v) is 6.77. The van der Waals surface area contributed by atoms with Crippen LogP contribution in [0, 0.1) is 10.1 Å². The Morgan fingerprint density at radius 3 is 2.61 bits per heavy atom. The van der Waals surface area contributed by atoms with E-state index in [1.807, 2.05) is 12.1 Å². The number of anilines is 2. The van der Waals surface area contributed by atoms with Crippen molar-refractivity contribution in [2.24, 2.45) is 5.73 Å². The summed E-state index contributed by atoms with van der Waals surface area (Å²) in [7, 11) is 1.36. The van der Waals surface area contributed by atoms with Crippen LogP contribution in [0.5, 0.6) is 5.75 Å². The number of nitrogens with zero attached hydrogens (tertiary/aromatic N) is 1.